The summed E-state index contributed by atoms with van der Waals surface area (Å²) in [5.74, 6) is 0.135. The van der Waals surface area contributed by atoms with Crippen LogP contribution in [0.1, 0.15) is 35.7 Å². The van der Waals surface area contributed by atoms with Crippen molar-refractivity contribution in [3.63, 3.8) is 0 Å². The molecule has 2 aromatic heterocycles. The molecule has 0 aromatic carbocycles. The molecule has 0 bridgehead atoms. The molecular weight excluding hydrogens is 354 g/mol. The van der Waals surface area contributed by atoms with Crippen LogP contribution in [-0.2, 0) is 10.0 Å². The second-order valence-electron chi connectivity index (χ2n) is 7.45. The zero-order valence-electron chi connectivity index (χ0n) is 15.7. The third-order valence-corrected chi connectivity index (χ3v) is 5.55. The van der Waals surface area contributed by atoms with Gasteiger partial charge in [-0.1, -0.05) is 13.8 Å². The molecule has 3 heterocycles. The number of aryl methyl sites for hydroxylation is 2. The summed E-state index contributed by atoms with van der Waals surface area (Å²) in [7, 11) is -3.34. The van der Waals surface area contributed by atoms with Gasteiger partial charge in [0.05, 0.1) is 11.9 Å². The van der Waals surface area contributed by atoms with E-state index in [1.54, 1.807) is 15.5 Å². The first-order valence-electron chi connectivity index (χ1n) is 8.66. The lowest BCUT2D eigenvalue weighted by molar-refractivity contribution is 0.0777. The Morgan fingerprint density at radius 3 is 2.58 bits per heavy atom. The molecule has 1 aliphatic heterocycles. The summed E-state index contributed by atoms with van der Waals surface area (Å²) < 4.78 is 27.7. The van der Waals surface area contributed by atoms with Gasteiger partial charge in [0.1, 0.15) is 5.69 Å². The number of aromatic nitrogens is 3. The van der Waals surface area contributed by atoms with E-state index in [1.165, 1.54) is 0 Å². The van der Waals surface area contributed by atoms with Gasteiger partial charge in [-0.15, -0.1) is 0 Å². The molecule has 1 fully saturated rings. The fourth-order valence-electron chi connectivity index (χ4n) is 3.58. The number of nitrogens with zero attached hydrogens (tertiary/aromatic N) is 4. The minimum absolute atomic E-state index is 0.0655. The van der Waals surface area contributed by atoms with Crippen molar-refractivity contribution in [2.45, 2.75) is 33.7 Å². The van der Waals surface area contributed by atoms with E-state index in [2.05, 4.69) is 14.8 Å². The molecular formula is C17H25N5O3S. The SMILES string of the molecule is Cc1cc2nc(C(=O)N3C[C@@H](NS(C)(=O)=O)[C@H](C(C)C)C3)cc(C)n2n1. The molecule has 2 atom stereocenters. The Balaban J connectivity index is 1.88. The number of amides is 1. The predicted octanol–water partition coefficient (Wildman–Crippen LogP) is 0.992. The molecule has 3 rings (SSSR count). The number of fused-ring (bicyclic) bond motifs is 1. The number of hydrogen-bond acceptors (Lipinski definition) is 5. The second-order valence-corrected chi connectivity index (χ2v) is 9.23. The maximum atomic E-state index is 13.0. The lowest BCUT2D eigenvalue weighted by atomic mass is 9.92. The molecule has 142 valence electrons. The van der Waals surface area contributed by atoms with Gasteiger partial charge in [-0.25, -0.2) is 22.6 Å². The molecule has 0 spiro atoms. The van der Waals surface area contributed by atoms with Crippen LogP contribution in [0.2, 0.25) is 0 Å². The van der Waals surface area contributed by atoms with Crippen LogP contribution in [0.25, 0.3) is 5.65 Å². The molecule has 1 N–H and O–H groups in total. The number of carbonyl (C=O) groups is 1. The van der Waals surface area contributed by atoms with Gasteiger partial charge < -0.3 is 4.90 Å². The quantitative estimate of drug-likeness (QED) is 0.855. The molecule has 9 heteroatoms. The summed E-state index contributed by atoms with van der Waals surface area (Å²) in [4.78, 5) is 19.1. The van der Waals surface area contributed by atoms with E-state index in [9.17, 15) is 13.2 Å². The molecule has 0 aliphatic carbocycles. The average Bonchev–Trinajstić information content (AvgIpc) is 3.08. The molecule has 1 aliphatic rings. The number of nitrogens with one attached hydrogen (secondary N) is 1. The summed E-state index contributed by atoms with van der Waals surface area (Å²) in [6.07, 6.45) is 1.15. The largest absolute Gasteiger partial charge is 0.335 e. The minimum atomic E-state index is -3.34. The Kier molecular flexibility index (Phi) is 4.78. The maximum Gasteiger partial charge on any atom is 0.272 e. The first kappa shape index (κ1) is 18.8. The molecule has 0 unspecified atom stereocenters. The lowest BCUT2D eigenvalue weighted by Crippen LogP contribution is -2.41. The number of rotatable bonds is 4. The van der Waals surface area contributed by atoms with E-state index >= 15 is 0 Å². The minimum Gasteiger partial charge on any atom is -0.335 e. The van der Waals surface area contributed by atoms with Crippen molar-refractivity contribution in [3.05, 3.63) is 29.2 Å². The number of hydrogen-bond donors (Lipinski definition) is 1. The van der Waals surface area contributed by atoms with Crippen molar-refractivity contribution in [1.29, 1.82) is 0 Å². The first-order chi connectivity index (χ1) is 12.0. The van der Waals surface area contributed by atoms with Crippen LogP contribution >= 0.6 is 0 Å². The lowest BCUT2D eigenvalue weighted by Gasteiger charge is -2.21. The number of carbonyl (C=O) groups excluding carboxylic acids is 1. The fourth-order valence-corrected chi connectivity index (χ4v) is 4.38. The van der Waals surface area contributed by atoms with Crippen LogP contribution in [0.4, 0.5) is 0 Å². The first-order valence-corrected chi connectivity index (χ1v) is 10.5. The van der Waals surface area contributed by atoms with E-state index in [0.717, 1.165) is 17.6 Å². The summed E-state index contributed by atoms with van der Waals surface area (Å²) in [6.45, 7) is 8.70. The van der Waals surface area contributed by atoms with Gasteiger partial charge in [-0.2, -0.15) is 5.10 Å². The van der Waals surface area contributed by atoms with Gasteiger partial charge in [0.15, 0.2) is 5.65 Å². The van der Waals surface area contributed by atoms with Crippen molar-refractivity contribution in [3.8, 4) is 0 Å². The van der Waals surface area contributed by atoms with Crippen LogP contribution in [-0.4, -0.2) is 59.2 Å². The summed E-state index contributed by atoms with van der Waals surface area (Å²) in [5, 5.41) is 4.35. The smallest absolute Gasteiger partial charge is 0.272 e. The van der Waals surface area contributed by atoms with Gasteiger partial charge in [-0.3, -0.25) is 4.79 Å². The van der Waals surface area contributed by atoms with E-state index < -0.39 is 10.0 Å². The van der Waals surface area contributed by atoms with Crippen molar-refractivity contribution in [1.82, 2.24) is 24.2 Å². The van der Waals surface area contributed by atoms with Crippen molar-refractivity contribution in [2.75, 3.05) is 19.3 Å². The average molecular weight is 379 g/mol. The number of likely N-dealkylation sites (tertiary alicyclic amines) is 1. The zero-order valence-corrected chi connectivity index (χ0v) is 16.5. The Morgan fingerprint density at radius 1 is 1.27 bits per heavy atom. The van der Waals surface area contributed by atoms with Gasteiger partial charge in [0.2, 0.25) is 10.0 Å². The van der Waals surface area contributed by atoms with Crippen LogP contribution in [0.15, 0.2) is 12.1 Å². The Labute approximate surface area is 153 Å². The highest BCUT2D eigenvalue weighted by Gasteiger charge is 2.38. The van der Waals surface area contributed by atoms with Crippen LogP contribution in [0, 0.1) is 25.7 Å². The van der Waals surface area contributed by atoms with E-state index in [-0.39, 0.29) is 23.8 Å². The Bertz CT molecular complexity index is 951. The van der Waals surface area contributed by atoms with Crippen LogP contribution in [0.3, 0.4) is 0 Å². The third-order valence-electron chi connectivity index (χ3n) is 4.82. The van der Waals surface area contributed by atoms with Gasteiger partial charge in [0, 0.05) is 30.9 Å². The van der Waals surface area contributed by atoms with Gasteiger partial charge in [-0.05, 0) is 31.7 Å². The number of sulfonamides is 1. The second kappa shape index (κ2) is 6.62. The summed E-state index contributed by atoms with van der Waals surface area (Å²) in [6, 6.07) is 3.28. The Hall–Kier alpha value is -2.00. The third kappa shape index (κ3) is 3.73. The molecule has 1 saturated heterocycles. The van der Waals surface area contributed by atoms with Gasteiger partial charge >= 0.3 is 0 Å². The summed E-state index contributed by atoms with van der Waals surface area (Å²) >= 11 is 0. The zero-order chi connectivity index (χ0) is 19.2. The highest BCUT2D eigenvalue weighted by Crippen LogP contribution is 2.26. The normalized spacial score (nSPS) is 21.1. The van der Waals surface area contributed by atoms with E-state index in [1.807, 2.05) is 33.8 Å². The predicted molar refractivity (Wildman–Crippen MR) is 98.5 cm³/mol. The molecule has 8 nitrogen and oxygen atoms in total. The fraction of sp³-hybridized carbons (Fsp3) is 0.588. The van der Waals surface area contributed by atoms with Crippen LogP contribution < -0.4 is 4.72 Å². The molecule has 26 heavy (non-hydrogen) atoms. The van der Waals surface area contributed by atoms with Crippen molar-refractivity contribution >= 4 is 21.6 Å². The van der Waals surface area contributed by atoms with Crippen LogP contribution in [0.5, 0.6) is 0 Å². The summed E-state index contributed by atoms with van der Waals surface area (Å²) in [5.41, 5.74) is 2.66. The van der Waals surface area contributed by atoms with Crippen molar-refractivity contribution in [2.24, 2.45) is 11.8 Å². The van der Waals surface area contributed by atoms with E-state index in [4.69, 9.17) is 0 Å². The molecule has 0 saturated carbocycles. The van der Waals surface area contributed by atoms with Gasteiger partial charge in [0.25, 0.3) is 5.91 Å². The molecule has 2 aromatic rings. The van der Waals surface area contributed by atoms with Crippen molar-refractivity contribution < 1.29 is 13.2 Å². The Morgan fingerprint density at radius 2 is 1.96 bits per heavy atom. The maximum absolute atomic E-state index is 13.0. The van der Waals surface area contributed by atoms with E-state index in [0.29, 0.717) is 24.4 Å². The standard InChI is InChI=1S/C17H25N5O3S/c1-10(2)13-8-21(9-15(13)20-26(5,24)25)17(23)14-7-12(4)22-16(18-14)6-11(3)19-22/h6-7,10,13,15,20H,8-9H2,1-5H3/t13-,15+/m0/s1. The highest BCUT2D eigenvalue weighted by molar-refractivity contribution is 7.88. The topological polar surface area (TPSA) is 96.7 Å². The monoisotopic (exact) mass is 379 g/mol. The molecule has 1 amide bonds. The highest BCUT2D eigenvalue weighted by atomic mass is 32.2. The molecule has 0 radical (unpaired) electrons.